The Balaban J connectivity index is 2.77. The molecule has 0 unspecified atom stereocenters. The van der Waals surface area contributed by atoms with Crippen LogP contribution < -0.4 is 5.73 Å². The third kappa shape index (κ3) is 2.37. The van der Waals surface area contributed by atoms with Gasteiger partial charge in [-0.2, -0.15) is 5.10 Å². The molecule has 1 heterocycles. The molecule has 2 N–H and O–H groups in total. The van der Waals surface area contributed by atoms with Crippen molar-refractivity contribution in [1.29, 1.82) is 0 Å². The van der Waals surface area contributed by atoms with Crippen molar-refractivity contribution in [2.45, 2.75) is 19.5 Å². The molecule has 0 aliphatic rings. The summed E-state index contributed by atoms with van der Waals surface area (Å²) >= 11 is 1.95. The molecule has 6 heteroatoms. The number of aromatic nitrogens is 2. The second kappa shape index (κ2) is 4.13. The minimum Gasteiger partial charge on any atom is -0.325 e. The summed E-state index contributed by atoms with van der Waals surface area (Å²) in [6, 6.07) is 1.70. The number of alkyl halides is 2. The van der Waals surface area contributed by atoms with Crippen molar-refractivity contribution in [2.75, 3.05) is 0 Å². The predicted molar refractivity (Wildman–Crippen MR) is 48.8 cm³/mol. The van der Waals surface area contributed by atoms with E-state index in [9.17, 15) is 8.78 Å². The molecule has 0 aliphatic carbocycles. The van der Waals surface area contributed by atoms with Gasteiger partial charge in [0.15, 0.2) is 0 Å². The highest BCUT2D eigenvalue weighted by Gasteiger charge is 2.09. The van der Waals surface area contributed by atoms with Crippen LogP contribution in [-0.4, -0.2) is 16.2 Å². The summed E-state index contributed by atoms with van der Waals surface area (Å²) in [6.07, 6.45) is -2.37. The van der Waals surface area contributed by atoms with Crippen molar-refractivity contribution in [3.8, 4) is 0 Å². The van der Waals surface area contributed by atoms with Gasteiger partial charge in [-0.05, 0) is 28.7 Å². The van der Waals surface area contributed by atoms with Gasteiger partial charge in [0.05, 0.1) is 9.39 Å². The van der Waals surface area contributed by atoms with Crippen LogP contribution in [0.25, 0.3) is 0 Å². The molecule has 1 aromatic heterocycles. The lowest BCUT2D eigenvalue weighted by atomic mass is 10.4. The summed E-state index contributed by atoms with van der Waals surface area (Å²) in [5.41, 5.74) is 5.94. The molecule has 12 heavy (non-hydrogen) atoms. The number of nitrogens with two attached hydrogens (primary N) is 1. The van der Waals surface area contributed by atoms with Crippen LogP contribution in [0.1, 0.15) is 5.69 Å². The Bertz CT molecular complexity index is 261. The third-order valence-electron chi connectivity index (χ3n) is 1.30. The molecule has 0 atom stereocenters. The second-order valence-electron chi connectivity index (χ2n) is 2.24. The van der Waals surface area contributed by atoms with Crippen molar-refractivity contribution in [1.82, 2.24) is 9.78 Å². The first-order valence-corrected chi connectivity index (χ1v) is 4.42. The molecule has 0 saturated carbocycles. The van der Waals surface area contributed by atoms with E-state index in [1.165, 1.54) is 4.68 Å². The summed E-state index contributed by atoms with van der Waals surface area (Å²) in [4.78, 5) is 0. The molecule has 0 saturated heterocycles. The number of hydrogen-bond acceptors (Lipinski definition) is 2. The van der Waals surface area contributed by atoms with E-state index in [4.69, 9.17) is 5.73 Å². The van der Waals surface area contributed by atoms with E-state index in [1.54, 1.807) is 6.07 Å². The Kier molecular flexibility index (Phi) is 3.39. The molecule has 1 rings (SSSR count). The van der Waals surface area contributed by atoms with Crippen molar-refractivity contribution in [2.24, 2.45) is 5.73 Å². The van der Waals surface area contributed by atoms with Crippen molar-refractivity contribution in [3.05, 3.63) is 15.5 Å². The van der Waals surface area contributed by atoms with E-state index in [1.807, 2.05) is 22.6 Å². The smallest absolute Gasteiger partial charge is 0.257 e. The Morgan fingerprint density at radius 1 is 1.67 bits per heavy atom. The van der Waals surface area contributed by atoms with Crippen LogP contribution in [0.15, 0.2) is 6.07 Å². The summed E-state index contributed by atoms with van der Waals surface area (Å²) < 4.78 is 25.8. The fourth-order valence-electron chi connectivity index (χ4n) is 0.802. The molecule has 0 aromatic carbocycles. The lowest BCUT2D eigenvalue weighted by Gasteiger charge is -2.00. The van der Waals surface area contributed by atoms with Gasteiger partial charge in [-0.3, -0.25) is 4.68 Å². The Morgan fingerprint density at radius 3 is 2.75 bits per heavy atom. The van der Waals surface area contributed by atoms with E-state index in [0.29, 0.717) is 9.39 Å². The summed E-state index contributed by atoms with van der Waals surface area (Å²) in [5.74, 6) is 0. The van der Waals surface area contributed by atoms with Crippen molar-refractivity contribution in [3.63, 3.8) is 0 Å². The second-order valence-corrected chi connectivity index (χ2v) is 3.34. The van der Waals surface area contributed by atoms with Crippen molar-refractivity contribution < 1.29 is 8.78 Å². The largest absolute Gasteiger partial charge is 0.325 e. The van der Waals surface area contributed by atoms with Gasteiger partial charge in [-0.25, -0.2) is 8.78 Å². The van der Waals surface area contributed by atoms with E-state index >= 15 is 0 Å². The van der Waals surface area contributed by atoms with Gasteiger partial charge < -0.3 is 5.73 Å². The lowest BCUT2D eigenvalue weighted by molar-refractivity contribution is 0.120. The first-order chi connectivity index (χ1) is 5.63. The molecule has 0 radical (unpaired) electrons. The van der Waals surface area contributed by atoms with Gasteiger partial charge in [-0.15, -0.1) is 0 Å². The van der Waals surface area contributed by atoms with E-state index in [-0.39, 0.29) is 13.1 Å². The molecule has 1 aromatic rings. The van der Waals surface area contributed by atoms with Gasteiger partial charge in [0.25, 0.3) is 6.43 Å². The number of hydrogen-bond donors (Lipinski definition) is 1. The van der Waals surface area contributed by atoms with Crippen LogP contribution in [0.2, 0.25) is 0 Å². The number of rotatable bonds is 3. The monoisotopic (exact) mass is 287 g/mol. The summed E-state index contributed by atoms with van der Waals surface area (Å²) in [6.45, 7) is -0.0789. The SMILES string of the molecule is NCc1cc(I)n(CC(F)F)n1. The molecular weight excluding hydrogens is 279 g/mol. The third-order valence-corrected chi connectivity index (χ3v) is 2.17. The van der Waals surface area contributed by atoms with Crippen LogP contribution in [-0.2, 0) is 13.1 Å². The molecule has 3 nitrogen and oxygen atoms in total. The molecular formula is C6H8F2IN3. The Hall–Kier alpha value is -0.240. The molecule has 68 valence electrons. The average molecular weight is 287 g/mol. The summed E-state index contributed by atoms with van der Waals surface area (Å²) in [7, 11) is 0. The van der Waals surface area contributed by atoms with Crippen molar-refractivity contribution >= 4 is 22.6 Å². The van der Waals surface area contributed by atoms with Gasteiger partial charge in [0.1, 0.15) is 6.54 Å². The molecule has 0 fully saturated rings. The van der Waals surface area contributed by atoms with Gasteiger partial charge in [0, 0.05) is 6.54 Å². The standard InChI is InChI=1S/C6H8F2IN3/c7-5(8)3-12-6(9)1-4(2-10)11-12/h1,5H,2-3,10H2. The molecule has 0 aliphatic heterocycles. The number of nitrogens with zero attached hydrogens (tertiary/aromatic N) is 2. The maximum atomic E-state index is 11.9. The van der Waals surface area contributed by atoms with E-state index in [2.05, 4.69) is 5.10 Å². The van der Waals surface area contributed by atoms with Gasteiger partial charge >= 0.3 is 0 Å². The fraction of sp³-hybridized carbons (Fsp3) is 0.500. The maximum Gasteiger partial charge on any atom is 0.257 e. The highest BCUT2D eigenvalue weighted by molar-refractivity contribution is 14.1. The highest BCUT2D eigenvalue weighted by Crippen LogP contribution is 2.09. The first-order valence-electron chi connectivity index (χ1n) is 3.34. The maximum absolute atomic E-state index is 11.9. The number of halogens is 3. The van der Waals surface area contributed by atoms with Gasteiger partial charge in [0.2, 0.25) is 0 Å². The Morgan fingerprint density at radius 2 is 2.33 bits per heavy atom. The Labute approximate surface area is 82.1 Å². The van der Waals surface area contributed by atoms with Crippen LogP contribution in [0.3, 0.4) is 0 Å². The zero-order valence-corrected chi connectivity index (χ0v) is 8.33. The normalized spacial score (nSPS) is 11.1. The quantitative estimate of drug-likeness (QED) is 0.849. The van der Waals surface area contributed by atoms with Gasteiger partial charge in [-0.1, -0.05) is 0 Å². The van der Waals surface area contributed by atoms with E-state index in [0.717, 1.165) is 0 Å². The lowest BCUT2D eigenvalue weighted by Crippen LogP contribution is -2.10. The van der Waals surface area contributed by atoms with E-state index < -0.39 is 6.43 Å². The zero-order chi connectivity index (χ0) is 9.14. The minimum atomic E-state index is -2.37. The summed E-state index contributed by atoms with van der Waals surface area (Å²) in [5, 5.41) is 3.87. The molecule has 0 spiro atoms. The average Bonchev–Trinajstić information content (AvgIpc) is 2.31. The highest BCUT2D eigenvalue weighted by atomic mass is 127. The van der Waals surface area contributed by atoms with Crippen LogP contribution in [0.4, 0.5) is 8.78 Å². The predicted octanol–water partition coefficient (Wildman–Crippen LogP) is 1.21. The zero-order valence-electron chi connectivity index (χ0n) is 6.17. The van der Waals surface area contributed by atoms with Crippen LogP contribution in [0.5, 0.6) is 0 Å². The molecule has 0 amide bonds. The fourth-order valence-corrected chi connectivity index (χ4v) is 1.47. The molecule has 0 bridgehead atoms. The minimum absolute atomic E-state index is 0.284. The van der Waals surface area contributed by atoms with Crippen LogP contribution >= 0.6 is 22.6 Å². The van der Waals surface area contributed by atoms with Crippen LogP contribution in [0, 0.1) is 3.70 Å². The topological polar surface area (TPSA) is 43.8 Å². The first kappa shape index (κ1) is 9.85.